The second kappa shape index (κ2) is 6.62. The van der Waals surface area contributed by atoms with E-state index in [4.69, 9.17) is 4.42 Å². The molecule has 2 aromatic heterocycles. The van der Waals surface area contributed by atoms with Gasteiger partial charge in [0.05, 0.1) is 5.69 Å². The highest BCUT2D eigenvalue weighted by Crippen LogP contribution is 2.26. The molecule has 0 unspecified atom stereocenters. The molecule has 0 saturated carbocycles. The molecule has 5 nitrogen and oxygen atoms in total. The molecule has 3 heterocycles. The normalized spacial score (nSPS) is 16.7. The van der Waals surface area contributed by atoms with Crippen molar-refractivity contribution in [3.8, 4) is 10.8 Å². The Bertz CT molecular complexity index is 649. The van der Waals surface area contributed by atoms with E-state index in [1.165, 1.54) is 0 Å². The van der Waals surface area contributed by atoms with E-state index < -0.39 is 0 Å². The molecule has 6 heteroatoms. The topological polar surface area (TPSA) is 49.6 Å². The first-order chi connectivity index (χ1) is 10.6. The number of aromatic nitrogens is 1. The average molecular weight is 319 g/mol. The van der Waals surface area contributed by atoms with Crippen LogP contribution in [-0.4, -0.2) is 46.9 Å². The summed E-state index contributed by atoms with van der Waals surface area (Å²) in [5.74, 6) is 1.92. The molecule has 2 aromatic rings. The molecule has 1 saturated heterocycles. The Labute approximate surface area is 134 Å². The number of hydrogen-bond acceptors (Lipinski definition) is 5. The standard InChI is InChI=1S/C16H21N3O2S/c1-12-4-5-15(21-12)16-17-14(11-22-16)10-18-6-3-7-19(9-8-18)13(2)20/h4-5,11H,3,6-10H2,1-2H3. The molecule has 0 atom stereocenters. The van der Waals surface area contributed by atoms with Crippen LogP contribution in [0.15, 0.2) is 21.9 Å². The molecule has 0 bridgehead atoms. The number of amides is 1. The predicted octanol–water partition coefficient (Wildman–Crippen LogP) is 2.77. The van der Waals surface area contributed by atoms with Crippen LogP contribution in [0.1, 0.15) is 24.8 Å². The van der Waals surface area contributed by atoms with E-state index in [-0.39, 0.29) is 5.91 Å². The van der Waals surface area contributed by atoms with Crippen LogP contribution < -0.4 is 0 Å². The van der Waals surface area contributed by atoms with Gasteiger partial charge in [0.1, 0.15) is 5.76 Å². The lowest BCUT2D eigenvalue weighted by Crippen LogP contribution is -2.33. The van der Waals surface area contributed by atoms with E-state index in [9.17, 15) is 4.79 Å². The minimum atomic E-state index is 0.172. The van der Waals surface area contributed by atoms with Crippen LogP contribution in [0.5, 0.6) is 0 Å². The molecule has 1 aliphatic heterocycles. The zero-order chi connectivity index (χ0) is 15.5. The Morgan fingerprint density at radius 1 is 1.32 bits per heavy atom. The molecule has 0 spiro atoms. The summed E-state index contributed by atoms with van der Waals surface area (Å²) in [6, 6.07) is 3.93. The Morgan fingerprint density at radius 2 is 2.18 bits per heavy atom. The summed E-state index contributed by atoms with van der Waals surface area (Å²) in [7, 11) is 0. The van der Waals surface area contributed by atoms with Crippen molar-refractivity contribution < 1.29 is 9.21 Å². The molecule has 3 rings (SSSR count). The quantitative estimate of drug-likeness (QED) is 0.873. The van der Waals surface area contributed by atoms with Crippen molar-refractivity contribution in [2.24, 2.45) is 0 Å². The second-order valence-corrected chi connectivity index (χ2v) is 6.55. The summed E-state index contributed by atoms with van der Waals surface area (Å²) in [5, 5.41) is 3.03. The number of carbonyl (C=O) groups is 1. The Balaban J connectivity index is 1.62. The zero-order valence-corrected chi connectivity index (χ0v) is 13.9. The maximum atomic E-state index is 11.5. The van der Waals surface area contributed by atoms with E-state index in [2.05, 4.69) is 15.3 Å². The van der Waals surface area contributed by atoms with E-state index in [0.29, 0.717) is 0 Å². The van der Waals surface area contributed by atoms with Crippen LogP contribution >= 0.6 is 11.3 Å². The summed E-state index contributed by atoms with van der Waals surface area (Å²) >= 11 is 1.62. The van der Waals surface area contributed by atoms with Gasteiger partial charge in [0, 0.05) is 45.0 Å². The van der Waals surface area contributed by atoms with Gasteiger partial charge >= 0.3 is 0 Å². The van der Waals surface area contributed by atoms with Crippen LogP contribution in [0.25, 0.3) is 10.8 Å². The van der Waals surface area contributed by atoms with Crippen molar-refractivity contribution in [2.45, 2.75) is 26.8 Å². The molecule has 0 N–H and O–H groups in total. The van der Waals surface area contributed by atoms with Crippen LogP contribution in [0.3, 0.4) is 0 Å². The zero-order valence-electron chi connectivity index (χ0n) is 13.0. The minimum absolute atomic E-state index is 0.172. The highest BCUT2D eigenvalue weighted by molar-refractivity contribution is 7.13. The fourth-order valence-corrected chi connectivity index (χ4v) is 3.49. The lowest BCUT2D eigenvalue weighted by molar-refractivity contribution is -0.128. The Morgan fingerprint density at radius 3 is 2.91 bits per heavy atom. The summed E-state index contributed by atoms with van der Waals surface area (Å²) in [5.41, 5.74) is 1.07. The van der Waals surface area contributed by atoms with Crippen molar-refractivity contribution in [3.63, 3.8) is 0 Å². The van der Waals surface area contributed by atoms with Crippen LogP contribution in [0.2, 0.25) is 0 Å². The smallest absolute Gasteiger partial charge is 0.219 e. The molecule has 1 fully saturated rings. The third-order valence-corrected chi connectivity index (χ3v) is 4.83. The number of rotatable bonds is 3. The minimum Gasteiger partial charge on any atom is -0.459 e. The number of nitrogens with zero attached hydrogens (tertiary/aromatic N) is 3. The third-order valence-electron chi connectivity index (χ3n) is 3.92. The third kappa shape index (κ3) is 3.56. The van der Waals surface area contributed by atoms with Gasteiger partial charge in [-0.2, -0.15) is 0 Å². The van der Waals surface area contributed by atoms with Crippen molar-refractivity contribution >= 4 is 17.2 Å². The average Bonchev–Trinajstić information content (AvgIpc) is 3.03. The van der Waals surface area contributed by atoms with E-state index in [0.717, 1.165) is 61.4 Å². The monoisotopic (exact) mass is 319 g/mol. The summed E-state index contributed by atoms with van der Waals surface area (Å²) in [4.78, 5) is 20.4. The van der Waals surface area contributed by atoms with Crippen LogP contribution in [-0.2, 0) is 11.3 Å². The molecule has 0 aromatic carbocycles. The van der Waals surface area contributed by atoms with Gasteiger partial charge < -0.3 is 9.32 Å². The number of carbonyl (C=O) groups excluding carboxylic acids is 1. The fraction of sp³-hybridized carbons (Fsp3) is 0.500. The largest absolute Gasteiger partial charge is 0.459 e. The van der Waals surface area contributed by atoms with E-state index >= 15 is 0 Å². The SMILES string of the molecule is CC(=O)N1CCCN(Cc2csc(-c3ccc(C)o3)n2)CC1. The first-order valence-corrected chi connectivity index (χ1v) is 8.49. The Kier molecular flexibility index (Phi) is 4.59. The van der Waals surface area contributed by atoms with Gasteiger partial charge in [-0.1, -0.05) is 0 Å². The van der Waals surface area contributed by atoms with Crippen LogP contribution in [0.4, 0.5) is 0 Å². The van der Waals surface area contributed by atoms with Gasteiger partial charge in [0.25, 0.3) is 0 Å². The molecule has 22 heavy (non-hydrogen) atoms. The molecule has 1 aliphatic rings. The predicted molar refractivity (Wildman–Crippen MR) is 86.7 cm³/mol. The maximum Gasteiger partial charge on any atom is 0.219 e. The summed E-state index contributed by atoms with van der Waals surface area (Å²) in [6.45, 7) is 8.01. The van der Waals surface area contributed by atoms with Crippen molar-refractivity contribution in [2.75, 3.05) is 26.2 Å². The molecule has 0 aliphatic carbocycles. The van der Waals surface area contributed by atoms with Gasteiger partial charge in [-0.15, -0.1) is 11.3 Å². The molecule has 1 amide bonds. The lowest BCUT2D eigenvalue weighted by atomic mass is 10.3. The molecular formula is C16H21N3O2S. The number of thiazole rings is 1. The van der Waals surface area contributed by atoms with Crippen molar-refractivity contribution in [1.82, 2.24) is 14.8 Å². The molecular weight excluding hydrogens is 298 g/mol. The van der Waals surface area contributed by atoms with Gasteiger partial charge in [-0.25, -0.2) is 4.98 Å². The first kappa shape index (κ1) is 15.2. The van der Waals surface area contributed by atoms with E-state index in [1.54, 1.807) is 18.3 Å². The fourth-order valence-electron chi connectivity index (χ4n) is 2.72. The van der Waals surface area contributed by atoms with Crippen LogP contribution in [0, 0.1) is 6.92 Å². The second-order valence-electron chi connectivity index (χ2n) is 5.69. The highest BCUT2D eigenvalue weighted by Gasteiger charge is 2.17. The number of furan rings is 1. The van der Waals surface area contributed by atoms with Gasteiger partial charge in [-0.3, -0.25) is 9.69 Å². The first-order valence-electron chi connectivity index (χ1n) is 7.61. The molecule has 0 radical (unpaired) electrons. The van der Waals surface area contributed by atoms with Crippen molar-refractivity contribution in [1.29, 1.82) is 0 Å². The maximum absolute atomic E-state index is 11.5. The summed E-state index contributed by atoms with van der Waals surface area (Å²) in [6.07, 6.45) is 1.02. The van der Waals surface area contributed by atoms with Crippen molar-refractivity contribution in [3.05, 3.63) is 29.0 Å². The van der Waals surface area contributed by atoms with Gasteiger partial charge in [0.2, 0.25) is 5.91 Å². The Hall–Kier alpha value is -1.66. The number of aryl methyl sites for hydroxylation is 1. The van der Waals surface area contributed by atoms with E-state index in [1.807, 2.05) is 24.0 Å². The molecule has 118 valence electrons. The summed E-state index contributed by atoms with van der Waals surface area (Å²) < 4.78 is 5.62. The number of hydrogen-bond donors (Lipinski definition) is 0. The van der Waals surface area contributed by atoms with Gasteiger partial charge in [-0.05, 0) is 25.5 Å². The highest BCUT2D eigenvalue weighted by atomic mass is 32.1. The lowest BCUT2D eigenvalue weighted by Gasteiger charge is -2.20. The van der Waals surface area contributed by atoms with Gasteiger partial charge in [0.15, 0.2) is 10.8 Å².